The van der Waals surface area contributed by atoms with Gasteiger partial charge >= 0.3 is 0 Å². The molecule has 8 nitrogen and oxygen atoms in total. The van der Waals surface area contributed by atoms with Gasteiger partial charge in [-0.15, -0.1) is 24.0 Å². The lowest BCUT2D eigenvalue weighted by Gasteiger charge is -2.12. The van der Waals surface area contributed by atoms with Crippen molar-refractivity contribution in [1.29, 1.82) is 0 Å². The number of hydrogen-bond donors (Lipinski definition) is 3. The molecule has 0 saturated carbocycles. The second-order valence-electron chi connectivity index (χ2n) is 6.98. The van der Waals surface area contributed by atoms with Gasteiger partial charge in [-0.2, -0.15) is 0 Å². The maximum Gasteiger partial charge on any atom is 0.253 e. The van der Waals surface area contributed by atoms with Crippen LogP contribution in [0.2, 0.25) is 0 Å². The Morgan fingerprint density at radius 3 is 2.39 bits per heavy atom. The van der Waals surface area contributed by atoms with E-state index in [4.69, 9.17) is 0 Å². The summed E-state index contributed by atoms with van der Waals surface area (Å²) in [5.41, 5.74) is 2.49. The standard InChI is InChI=1S/C22H30N6O2.HI/c1-5-23-22(24-14-13-20(29)27-19-8-6-7-16(2)26-19)25-15-17-9-11-18(12-10-17)21(30)28(3)4;/h6-12H,5,13-15H2,1-4H3,(H2,23,24,25)(H,26,27,29);1H. The number of guanidine groups is 1. The van der Waals surface area contributed by atoms with Crippen LogP contribution in [0, 0.1) is 6.92 Å². The number of rotatable bonds is 8. The molecule has 0 aliphatic heterocycles. The summed E-state index contributed by atoms with van der Waals surface area (Å²) in [5.74, 6) is 1.04. The first kappa shape index (κ1) is 26.3. The van der Waals surface area contributed by atoms with Crippen LogP contribution in [0.1, 0.15) is 35.0 Å². The fourth-order valence-electron chi connectivity index (χ4n) is 2.64. The second-order valence-corrected chi connectivity index (χ2v) is 6.98. The lowest BCUT2D eigenvalue weighted by molar-refractivity contribution is -0.116. The minimum atomic E-state index is -0.113. The zero-order valence-corrected chi connectivity index (χ0v) is 20.8. The highest BCUT2D eigenvalue weighted by Gasteiger charge is 2.07. The van der Waals surface area contributed by atoms with E-state index in [0.29, 0.717) is 43.4 Å². The molecular formula is C22H31IN6O2. The number of aryl methyl sites for hydroxylation is 1. The van der Waals surface area contributed by atoms with Gasteiger partial charge in [-0.05, 0) is 43.7 Å². The van der Waals surface area contributed by atoms with Gasteiger partial charge in [0.1, 0.15) is 5.82 Å². The van der Waals surface area contributed by atoms with Gasteiger partial charge in [0.05, 0.1) is 6.54 Å². The third kappa shape index (κ3) is 9.33. The van der Waals surface area contributed by atoms with Crippen molar-refractivity contribution in [3.8, 4) is 0 Å². The van der Waals surface area contributed by atoms with Crippen LogP contribution < -0.4 is 16.0 Å². The van der Waals surface area contributed by atoms with E-state index in [1.54, 1.807) is 37.2 Å². The van der Waals surface area contributed by atoms with Crippen molar-refractivity contribution in [3.05, 3.63) is 59.3 Å². The molecule has 0 atom stereocenters. The van der Waals surface area contributed by atoms with Gasteiger partial charge in [0.2, 0.25) is 5.91 Å². The summed E-state index contributed by atoms with van der Waals surface area (Å²) in [7, 11) is 3.46. The maximum atomic E-state index is 12.1. The molecule has 0 spiro atoms. The smallest absolute Gasteiger partial charge is 0.253 e. The van der Waals surface area contributed by atoms with Gasteiger partial charge < -0.3 is 20.9 Å². The number of amides is 2. The summed E-state index contributed by atoms with van der Waals surface area (Å²) in [4.78, 5) is 34.4. The van der Waals surface area contributed by atoms with Crippen molar-refractivity contribution in [3.63, 3.8) is 0 Å². The Kier molecular flexibility index (Phi) is 11.5. The van der Waals surface area contributed by atoms with Crippen LogP contribution in [0.5, 0.6) is 0 Å². The number of hydrogen-bond acceptors (Lipinski definition) is 4. The van der Waals surface area contributed by atoms with Crippen molar-refractivity contribution in [2.75, 3.05) is 32.5 Å². The number of aliphatic imine (C=N–C) groups is 1. The van der Waals surface area contributed by atoms with E-state index in [0.717, 1.165) is 11.3 Å². The Balaban J connectivity index is 0.00000480. The molecule has 1 aromatic heterocycles. The molecule has 1 aromatic carbocycles. The fraction of sp³-hybridized carbons (Fsp3) is 0.364. The van der Waals surface area contributed by atoms with Crippen molar-refractivity contribution >= 4 is 47.6 Å². The summed E-state index contributed by atoms with van der Waals surface area (Å²) in [6.07, 6.45) is 0.293. The van der Waals surface area contributed by atoms with E-state index in [9.17, 15) is 9.59 Å². The first-order valence-corrected chi connectivity index (χ1v) is 9.95. The molecule has 2 rings (SSSR count). The number of pyridine rings is 1. The molecule has 0 unspecified atom stereocenters. The molecule has 0 bridgehead atoms. The highest BCUT2D eigenvalue weighted by atomic mass is 127. The van der Waals surface area contributed by atoms with Crippen LogP contribution in [0.4, 0.5) is 5.82 Å². The van der Waals surface area contributed by atoms with Crippen molar-refractivity contribution in [1.82, 2.24) is 20.5 Å². The van der Waals surface area contributed by atoms with Crippen LogP contribution in [-0.2, 0) is 11.3 Å². The van der Waals surface area contributed by atoms with Gasteiger partial charge in [-0.3, -0.25) is 9.59 Å². The lowest BCUT2D eigenvalue weighted by Crippen LogP contribution is -2.38. The summed E-state index contributed by atoms with van der Waals surface area (Å²) in [6, 6.07) is 12.9. The Morgan fingerprint density at radius 2 is 1.77 bits per heavy atom. The molecule has 0 saturated heterocycles. The first-order chi connectivity index (χ1) is 14.4. The molecular weight excluding hydrogens is 507 g/mol. The molecule has 2 aromatic rings. The molecule has 31 heavy (non-hydrogen) atoms. The number of benzene rings is 1. The number of anilines is 1. The largest absolute Gasteiger partial charge is 0.357 e. The molecule has 2 amide bonds. The van der Waals surface area contributed by atoms with Crippen LogP contribution in [-0.4, -0.2) is 54.8 Å². The third-order valence-electron chi connectivity index (χ3n) is 4.17. The Labute approximate surface area is 200 Å². The highest BCUT2D eigenvalue weighted by molar-refractivity contribution is 14.0. The zero-order chi connectivity index (χ0) is 21.9. The summed E-state index contributed by atoms with van der Waals surface area (Å²) >= 11 is 0. The van der Waals surface area contributed by atoms with E-state index in [1.165, 1.54) is 0 Å². The maximum absolute atomic E-state index is 12.1. The number of carbonyl (C=O) groups is 2. The number of aromatic nitrogens is 1. The second kappa shape index (κ2) is 13.6. The van der Waals surface area contributed by atoms with Crippen molar-refractivity contribution in [2.24, 2.45) is 4.99 Å². The van der Waals surface area contributed by atoms with Gasteiger partial charge in [0.25, 0.3) is 5.91 Å². The number of nitrogens with one attached hydrogen (secondary N) is 3. The minimum absolute atomic E-state index is 0. The summed E-state index contributed by atoms with van der Waals surface area (Å²) in [5, 5.41) is 9.11. The number of halogens is 1. The Bertz CT molecular complexity index is 884. The Hall–Kier alpha value is -2.69. The van der Waals surface area contributed by atoms with E-state index >= 15 is 0 Å². The van der Waals surface area contributed by atoms with Gasteiger partial charge in [-0.25, -0.2) is 9.98 Å². The Morgan fingerprint density at radius 1 is 1.06 bits per heavy atom. The van der Waals surface area contributed by atoms with E-state index < -0.39 is 0 Å². The molecule has 3 N–H and O–H groups in total. The predicted octanol–water partition coefficient (Wildman–Crippen LogP) is 2.79. The fourth-order valence-corrected chi connectivity index (χ4v) is 2.64. The molecule has 0 aliphatic rings. The first-order valence-electron chi connectivity index (χ1n) is 9.95. The van der Waals surface area contributed by atoms with Crippen molar-refractivity contribution in [2.45, 2.75) is 26.8 Å². The topological polar surface area (TPSA) is 98.7 Å². The molecule has 0 fully saturated rings. The zero-order valence-electron chi connectivity index (χ0n) is 18.4. The van der Waals surface area contributed by atoms with Crippen LogP contribution in [0.3, 0.4) is 0 Å². The predicted molar refractivity (Wildman–Crippen MR) is 135 cm³/mol. The molecule has 0 aliphatic carbocycles. The summed E-state index contributed by atoms with van der Waals surface area (Å²) < 4.78 is 0. The molecule has 168 valence electrons. The molecule has 0 radical (unpaired) electrons. The molecule has 9 heteroatoms. The average molecular weight is 538 g/mol. The lowest BCUT2D eigenvalue weighted by atomic mass is 10.1. The van der Waals surface area contributed by atoms with E-state index in [-0.39, 0.29) is 35.8 Å². The quantitative estimate of drug-likeness (QED) is 0.273. The normalized spacial score (nSPS) is 10.6. The average Bonchev–Trinajstić information content (AvgIpc) is 2.71. The van der Waals surface area contributed by atoms with Gasteiger partial charge in [0.15, 0.2) is 5.96 Å². The molecule has 1 heterocycles. The minimum Gasteiger partial charge on any atom is -0.357 e. The van der Waals surface area contributed by atoms with E-state index in [2.05, 4.69) is 25.9 Å². The van der Waals surface area contributed by atoms with Crippen LogP contribution in [0.15, 0.2) is 47.5 Å². The number of nitrogens with zero attached hydrogens (tertiary/aromatic N) is 3. The van der Waals surface area contributed by atoms with Crippen LogP contribution >= 0.6 is 24.0 Å². The number of carbonyl (C=O) groups excluding carboxylic acids is 2. The van der Waals surface area contributed by atoms with E-state index in [1.807, 2.05) is 38.1 Å². The van der Waals surface area contributed by atoms with Gasteiger partial charge in [-0.1, -0.05) is 18.2 Å². The summed E-state index contributed by atoms with van der Waals surface area (Å²) in [6.45, 7) is 5.48. The monoisotopic (exact) mass is 538 g/mol. The SMILES string of the molecule is CCNC(=NCc1ccc(C(=O)N(C)C)cc1)NCCC(=O)Nc1cccc(C)n1.I. The van der Waals surface area contributed by atoms with Gasteiger partial charge in [0, 0.05) is 44.9 Å². The third-order valence-corrected chi connectivity index (χ3v) is 4.17. The van der Waals surface area contributed by atoms with Crippen molar-refractivity contribution < 1.29 is 9.59 Å². The van der Waals surface area contributed by atoms with Crippen LogP contribution in [0.25, 0.3) is 0 Å². The highest BCUT2D eigenvalue weighted by Crippen LogP contribution is 2.08.